The molecular weight excluding hydrogens is 232 g/mol. The van der Waals surface area contributed by atoms with Crippen LogP contribution in [0.3, 0.4) is 0 Å². The topological polar surface area (TPSA) is 91.5 Å². The second kappa shape index (κ2) is 3.63. The molecule has 6 nitrogen and oxygen atoms in total. The first-order valence-corrected chi connectivity index (χ1v) is 5.24. The van der Waals surface area contributed by atoms with Crippen molar-refractivity contribution < 1.29 is 0 Å². The van der Waals surface area contributed by atoms with Crippen LogP contribution in [0.4, 0.5) is 0 Å². The molecule has 1 aromatic carbocycles. The Labute approximate surface area is 100 Å². The fraction of sp³-hybridized carbons (Fsp3) is 0. The predicted molar refractivity (Wildman–Crippen MR) is 68.4 cm³/mol. The van der Waals surface area contributed by atoms with Crippen molar-refractivity contribution in [3.8, 4) is 0 Å². The van der Waals surface area contributed by atoms with Crippen molar-refractivity contribution in [2.45, 2.75) is 0 Å². The number of hydrogen-bond acceptors (Lipinski definition) is 4. The summed E-state index contributed by atoms with van der Waals surface area (Å²) >= 11 is 0. The summed E-state index contributed by atoms with van der Waals surface area (Å²) in [6.07, 6.45) is 1.68. The van der Waals surface area contributed by atoms with Gasteiger partial charge in [-0.05, 0) is 17.7 Å². The molecule has 0 radical (unpaired) electrons. The highest BCUT2D eigenvalue weighted by molar-refractivity contribution is 5.84. The van der Waals surface area contributed by atoms with Crippen molar-refractivity contribution in [1.29, 1.82) is 0 Å². The first kappa shape index (κ1) is 10.4. The lowest BCUT2D eigenvalue weighted by Crippen LogP contribution is -2.23. The normalized spacial score (nSPS) is 10.9. The maximum Gasteiger partial charge on any atom is 0.327 e. The number of nitrogens with zero attached hydrogens (tertiary/aromatic N) is 2. The molecule has 3 aromatic rings. The predicted octanol–water partition coefficient (Wildman–Crippen LogP) is 0.803. The SMILES string of the molecule is C=Cc1ccc2nc3[nH]c(=O)[nH]c(=O)c3nc2c1. The van der Waals surface area contributed by atoms with E-state index in [0.717, 1.165) is 5.56 Å². The standard InChI is InChI=1S/C12H8N4O2/c1-2-6-3-4-7-8(5-6)13-9-10(14-7)15-12(18)16-11(9)17/h2-5H,1H2,(H2,14,15,16,17,18). The van der Waals surface area contributed by atoms with Gasteiger partial charge in [-0.2, -0.15) is 0 Å². The number of fused-ring (bicyclic) bond motifs is 2. The van der Waals surface area contributed by atoms with Crippen LogP contribution < -0.4 is 11.2 Å². The molecule has 2 aromatic heterocycles. The van der Waals surface area contributed by atoms with Gasteiger partial charge in [-0.25, -0.2) is 14.8 Å². The van der Waals surface area contributed by atoms with E-state index in [4.69, 9.17) is 0 Å². The Morgan fingerprint density at radius 2 is 1.94 bits per heavy atom. The molecule has 0 unspecified atom stereocenters. The summed E-state index contributed by atoms with van der Waals surface area (Å²) in [6, 6.07) is 5.37. The smallest absolute Gasteiger partial charge is 0.290 e. The van der Waals surface area contributed by atoms with Gasteiger partial charge in [0.2, 0.25) is 0 Å². The molecular formula is C12H8N4O2. The summed E-state index contributed by atoms with van der Waals surface area (Å²) in [5.74, 6) is 0. The van der Waals surface area contributed by atoms with Crippen LogP contribution in [0.1, 0.15) is 5.56 Å². The molecule has 0 amide bonds. The zero-order valence-corrected chi connectivity index (χ0v) is 9.23. The molecule has 0 aliphatic rings. The molecule has 0 spiro atoms. The minimum atomic E-state index is -0.594. The molecule has 2 N–H and O–H groups in total. The summed E-state index contributed by atoms with van der Waals surface area (Å²) in [5.41, 5.74) is 1.23. The number of aromatic amines is 2. The van der Waals surface area contributed by atoms with Gasteiger partial charge >= 0.3 is 5.69 Å². The Bertz CT molecular complexity index is 892. The Hall–Kier alpha value is -2.76. The maximum atomic E-state index is 11.6. The fourth-order valence-electron chi connectivity index (χ4n) is 1.74. The summed E-state index contributed by atoms with van der Waals surface area (Å²) in [4.78, 5) is 35.7. The van der Waals surface area contributed by atoms with Crippen molar-refractivity contribution in [3.05, 3.63) is 51.2 Å². The van der Waals surface area contributed by atoms with E-state index >= 15 is 0 Å². The molecule has 2 heterocycles. The summed E-state index contributed by atoms with van der Waals surface area (Å²) in [6.45, 7) is 3.67. The largest absolute Gasteiger partial charge is 0.327 e. The van der Waals surface area contributed by atoms with Gasteiger partial charge in [-0.3, -0.25) is 14.8 Å². The van der Waals surface area contributed by atoms with Crippen molar-refractivity contribution in [2.24, 2.45) is 0 Å². The highest BCUT2D eigenvalue weighted by Crippen LogP contribution is 2.14. The van der Waals surface area contributed by atoms with Crippen LogP contribution in [0, 0.1) is 0 Å². The van der Waals surface area contributed by atoms with E-state index < -0.39 is 11.2 Å². The van der Waals surface area contributed by atoms with Gasteiger partial charge in [-0.15, -0.1) is 0 Å². The molecule has 6 heteroatoms. The number of nitrogens with one attached hydrogen (secondary N) is 2. The van der Waals surface area contributed by atoms with Crippen LogP contribution in [-0.2, 0) is 0 Å². The number of hydrogen-bond donors (Lipinski definition) is 2. The average Bonchev–Trinajstić information content (AvgIpc) is 2.36. The van der Waals surface area contributed by atoms with Gasteiger partial charge in [-0.1, -0.05) is 18.7 Å². The highest BCUT2D eigenvalue weighted by Gasteiger charge is 2.06. The van der Waals surface area contributed by atoms with E-state index in [1.165, 1.54) is 0 Å². The highest BCUT2D eigenvalue weighted by atomic mass is 16.2. The second-order valence-corrected chi connectivity index (χ2v) is 3.78. The first-order valence-electron chi connectivity index (χ1n) is 5.24. The van der Waals surface area contributed by atoms with Crippen LogP contribution in [0.25, 0.3) is 28.3 Å². The molecule has 18 heavy (non-hydrogen) atoms. The monoisotopic (exact) mass is 240 g/mol. The number of benzene rings is 1. The fourth-order valence-corrected chi connectivity index (χ4v) is 1.74. The summed E-state index contributed by atoms with van der Waals surface area (Å²) in [5, 5.41) is 0. The third-order valence-corrected chi connectivity index (χ3v) is 2.60. The van der Waals surface area contributed by atoms with Crippen LogP contribution in [0.15, 0.2) is 34.4 Å². The zero-order chi connectivity index (χ0) is 12.7. The first-order chi connectivity index (χ1) is 8.67. The van der Waals surface area contributed by atoms with Crippen LogP contribution >= 0.6 is 0 Å². The van der Waals surface area contributed by atoms with E-state index in [-0.39, 0.29) is 11.2 Å². The molecule has 0 fully saturated rings. The molecule has 0 saturated carbocycles. The third kappa shape index (κ3) is 1.51. The summed E-state index contributed by atoms with van der Waals surface area (Å²) < 4.78 is 0. The average molecular weight is 240 g/mol. The van der Waals surface area contributed by atoms with Gasteiger partial charge in [0, 0.05) is 0 Å². The van der Waals surface area contributed by atoms with Crippen molar-refractivity contribution in [1.82, 2.24) is 19.9 Å². The van der Waals surface area contributed by atoms with E-state index in [2.05, 4.69) is 26.5 Å². The van der Waals surface area contributed by atoms with Gasteiger partial charge in [0.1, 0.15) is 0 Å². The Balaban J connectivity index is 2.51. The van der Waals surface area contributed by atoms with Crippen molar-refractivity contribution in [2.75, 3.05) is 0 Å². The van der Waals surface area contributed by atoms with Gasteiger partial charge < -0.3 is 0 Å². The Morgan fingerprint density at radius 1 is 1.11 bits per heavy atom. The van der Waals surface area contributed by atoms with Gasteiger partial charge in [0.05, 0.1) is 11.0 Å². The second-order valence-electron chi connectivity index (χ2n) is 3.78. The van der Waals surface area contributed by atoms with E-state index in [0.29, 0.717) is 11.0 Å². The van der Waals surface area contributed by atoms with E-state index in [9.17, 15) is 9.59 Å². The molecule has 0 aliphatic carbocycles. The quantitative estimate of drug-likeness (QED) is 0.615. The van der Waals surface area contributed by atoms with Crippen LogP contribution in [0.5, 0.6) is 0 Å². The van der Waals surface area contributed by atoms with E-state index in [1.807, 2.05) is 6.07 Å². The lowest BCUT2D eigenvalue weighted by Gasteiger charge is -2.00. The number of aromatic nitrogens is 4. The Kier molecular flexibility index (Phi) is 2.09. The zero-order valence-electron chi connectivity index (χ0n) is 9.23. The van der Waals surface area contributed by atoms with Crippen LogP contribution in [-0.4, -0.2) is 19.9 Å². The maximum absolute atomic E-state index is 11.6. The minimum absolute atomic E-state index is 0.114. The molecule has 0 saturated heterocycles. The lowest BCUT2D eigenvalue weighted by atomic mass is 10.2. The van der Waals surface area contributed by atoms with Crippen molar-refractivity contribution >= 4 is 28.3 Å². The molecule has 0 bridgehead atoms. The Morgan fingerprint density at radius 3 is 2.72 bits per heavy atom. The van der Waals surface area contributed by atoms with Gasteiger partial charge in [0.15, 0.2) is 11.2 Å². The molecule has 88 valence electrons. The van der Waals surface area contributed by atoms with Crippen molar-refractivity contribution in [3.63, 3.8) is 0 Å². The molecule has 0 aliphatic heterocycles. The van der Waals surface area contributed by atoms with Gasteiger partial charge in [0.25, 0.3) is 5.56 Å². The molecule has 3 rings (SSSR count). The number of rotatable bonds is 1. The summed E-state index contributed by atoms with van der Waals surface area (Å²) in [7, 11) is 0. The number of H-pyrrole nitrogens is 2. The van der Waals surface area contributed by atoms with Crippen LogP contribution in [0.2, 0.25) is 0 Å². The van der Waals surface area contributed by atoms with E-state index in [1.54, 1.807) is 18.2 Å². The lowest BCUT2D eigenvalue weighted by molar-refractivity contribution is 1.05. The third-order valence-electron chi connectivity index (χ3n) is 2.60. The minimum Gasteiger partial charge on any atom is -0.290 e. The molecule has 0 atom stereocenters.